The second-order valence-electron chi connectivity index (χ2n) is 8.54. The number of carbonyl (C=O) groups is 1. The molecule has 7 nitrogen and oxygen atoms in total. The average molecular weight is 467 g/mol. The van der Waals surface area contributed by atoms with Crippen LogP contribution in [0.5, 0.6) is 0 Å². The van der Waals surface area contributed by atoms with E-state index in [1.165, 1.54) is 0 Å². The van der Waals surface area contributed by atoms with Gasteiger partial charge < -0.3 is 14.8 Å². The molecule has 1 fully saturated rings. The van der Waals surface area contributed by atoms with Crippen LogP contribution in [0.1, 0.15) is 35.3 Å². The highest BCUT2D eigenvalue weighted by Crippen LogP contribution is 2.34. The molecule has 0 amide bonds. The number of nitrogens with zero attached hydrogens (tertiary/aromatic N) is 4. The molecular formula is C28H26N4O3. The quantitative estimate of drug-likeness (QED) is 0.232. The fourth-order valence-electron chi connectivity index (χ4n) is 4.43. The van der Waals surface area contributed by atoms with E-state index in [4.69, 9.17) is 10.00 Å². The van der Waals surface area contributed by atoms with Crippen molar-refractivity contribution in [2.75, 3.05) is 18.0 Å². The number of ketones is 1. The first-order chi connectivity index (χ1) is 16.9. The van der Waals surface area contributed by atoms with Gasteiger partial charge in [0, 0.05) is 29.9 Å². The summed E-state index contributed by atoms with van der Waals surface area (Å²) in [5.74, 6) is -0.466. The van der Waals surface area contributed by atoms with Gasteiger partial charge in [-0.25, -0.2) is 0 Å². The maximum atomic E-state index is 13.5. The maximum absolute atomic E-state index is 13.5. The Kier molecular flexibility index (Phi) is 7.04. The molecule has 3 aromatic rings. The van der Waals surface area contributed by atoms with Gasteiger partial charge in [-0.05, 0) is 56.5 Å². The molecule has 0 unspecified atom stereocenters. The smallest absolute Gasteiger partial charge is 0.217 e. The van der Waals surface area contributed by atoms with Crippen LogP contribution in [0.2, 0.25) is 0 Å². The number of morpholine rings is 1. The third kappa shape index (κ3) is 4.98. The molecule has 1 heterocycles. The highest BCUT2D eigenvalue weighted by atomic mass is 16.5. The minimum Gasteiger partial charge on any atom is -0.410 e. The number of hydrogen-bond donors (Lipinski definition) is 1. The van der Waals surface area contributed by atoms with Gasteiger partial charge in [-0.3, -0.25) is 9.79 Å². The van der Waals surface area contributed by atoms with Crippen LogP contribution in [0.15, 0.2) is 76.9 Å². The van der Waals surface area contributed by atoms with Crippen molar-refractivity contribution in [3.8, 4) is 17.2 Å². The summed E-state index contributed by atoms with van der Waals surface area (Å²) in [5.41, 5.74) is 4.10. The first-order valence-electron chi connectivity index (χ1n) is 11.3. The predicted octanol–water partition coefficient (Wildman–Crippen LogP) is 5.23. The minimum absolute atomic E-state index is 0.0813. The Labute approximate surface area is 204 Å². The Bertz CT molecular complexity index is 1300. The molecule has 176 valence electrons. The Balaban J connectivity index is 1.64. The number of aliphatic imine (C=N–C) groups is 1. The zero-order valence-corrected chi connectivity index (χ0v) is 19.7. The van der Waals surface area contributed by atoms with Crippen LogP contribution in [-0.4, -0.2) is 48.7 Å². The first kappa shape index (κ1) is 23.9. The van der Waals surface area contributed by atoms with Crippen molar-refractivity contribution in [2.45, 2.75) is 26.1 Å². The molecule has 0 radical (unpaired) electrons. The van der Waals surface area contributed by atoms with Gasteiger partial charge in [0.15, 0.2) is 5.71 Å². The normalized spacial score (nSPS) is 18.1. The Morgan fingerprint density at radius 1 is 1.06 bits per heavy atom. The van der Waals surface area contributed by atoms with Gasteiger partial charge >= 0.3 is 0 Å². The molecule has 0 aromatic heterocycles. The van der Waals surface area contributed by atoms with Crippen LogP contribution in [0.3, 0.4) is 0 Å². The molecule has 0 aliphatic carbocycles. The zero-order valence-electron chi connectivity index (χ0n) is 19.7. The molecule has 35 heavy (non-hydrogen) atoms. The van der Waals surface area contributed by atoms with E-state index in [1.54, 1.807) is 48.5 Å². The molecule has 2 atom stereocenters. The van der Waals surface area contributed by atoms with Crippen LogP contribution in [0, 0.1) is 11.3 Å². The van der Waals surface area contributed by atoms with E-state index in [0.717, 1.165) is 24.3 Å². The van der Waals surface area contributed by atoms with Gasteiger partial charge in [-0.2, -0.15) is 5.26 Å². The van der Waals surface area contributed by atoms with Gasteiger partial charge in [-0.1, -0.05) is 41.6 Å². The predicted molar refractivity (Wildman–Crippen MR) is 137 cm³/mol. The van der Waals surface area contributed by atoms with Crippen molar-refractivity contribution >= 4 is 29.6 Å². The monoisotopic (exact) mass is 466 g/mol. The fourth-order valence-corrected chi connectivity index (χ4v) is 4.43. The molecule has 1 saturated heterocycles. The van der Waals surface area contributed by atoms with Crippen LogP contribution in [-0.2, 0) is 4.74 Å². The lowest BCUT2D eigenvalue weighted by atomic mass is 9.94. The SMILES string of the molecule is C=Nc1c(C(=O)C(=NO)c2ccc(N3C[C@@H](C)O[C@@H](C)C3)cc2)cccc1-c1ccc(C#N)cc1. The van der Waals surface area contributed by atoms with Gasteiger partial charge in [-0.15, -0.1) is 0 Å². The van der Waals surface area contributed by atoms with Gasteiger partial charge in [0.2, 0.25) is 5.78 Å². The van der Waals surface area contributed by atoms with E-state index in [2.05, 4.69) is 27.8 Å². The number of benzene rings is 3. The van der Waals surface area contributed by atoms with E-state index >= 15 is 0 Å². The topological polar surface area (TPSA) is 98.3 Å². The van der Waals surface area contributed by atoms with Crippen LogP contribution < -0.4 is 4.90 Å². The zero-order chi connectivity index (χ0) is 24.9. The molecule has 3 aromatic carbocycles. The Morgan fingerprint density at radius 3 is 2.29 bits per heavy atom. The Hall–Kier alpha value is -4.28. The van der Waals surface area contributed by atoms with Gasteiger partial charge in [0.05, 0.1) is 35.1 Å². The summed E-state index contributed by atoms with van der Waals surface area (Å²) in [6.45, 7) is 9.30. The second kappa shape index (κ2) is 10.3. The molecule has 0 saturated carbocycles. The number of anilines is 1. The number of Topliss-reactive ketones (excluding diaryl/α,β-unsaturated/α-hetero) is 1. The van der Waals surface area contributed by atoms with Crippen LogP contribution in [0.25, 0.3) is 11.1 Å². The van der Waals surface area contributed by atoms with E-state index < -0.39 is 5.78 Å². The second-order valence-corrected chi connectivity index (χ2v) is 8.54. The molecule has 1 aliphatic heterocycles. The van der Waals surface area contributed by atoms with Crippen molar-refractivity contribution < 1.29 is 14.7 Å². The highest BCUT2D eigenvalue weighted by Gasteiger charge is 2.24. The lowest BCUT2D eigenvalue weighted by Gasteiger charge is -2.36. The van der Waals surface area contributed by atoms with Crippen molar-refractivity contribution in [3.63, 3.8) is 0 Å². The third-order valence-electron chi connectivity index (χ3n) is 6.00. The van der Waals surface area contributed by atoms with Crippen molar-refractivity contribution in [2.24, 2.45) is 10.1 Å². The lowest BCUT2D eigenvalue weighted by Crippen LogP contribution is -2.45. The summed E-state index contributed by atoms with van der Waals surface area (Å²) in [6.07, 6.45) is 0.255. The summed E-state index contributed by atoms with van der Waals surface area (Å²) < 4.78 is 5.81. The van der Waals surface area contributed by atoms with Crippen LogP contribution >= 0.6 is 0 Å². The number of oxime groups is 1. The number of ether oxygens (including phenoxy) is 1. The number of para-hydroxylation sites is 1. The number of hydrogen-bond acceptors (Lipinski definition) is 7. The number of rotatable bonds is 6. The Morgan fingerprint density at radius 2 is 1.71 bits per heavy atom. The molecule has 4 rings (SSSR count). The van der Waals surface area contributed by atoms with E-state index in [0.29, 0.717) is 22.4 Å². The molecule has 0 spiro atoms. The minimum atomic E-state index is -0.466. The van der Waals surface area contributed by atoms with Crippen molar-refractivity contribution in [1.29, 1.82) is 5.26 Å². The average Bonchev–Trinajstić information content (AvgIpc) is 2.88. The fraction of sp³-hybridized carbons (Fsp3) is 0.214. The van der Waals surface area contributed by atoms with Crippen molar-refractivity contribution in [3.05, 3.63) is 83.4 Å². The van der Waals surface area contributed by atoms with Crippen LogP contribution in [0.4, 0.5) is 11.4 Å². The van der Waals surface area contributed by atoms with Crippen molar-refractivity contribution in [1.82, 2.24) is 0 Å². The van der Waals surface area contributed by atoms with Gasteiger partial charge in [0.25, 0.3) is 0 Å². The van der Waals surface area contributed by atoms with E-state index in [-0.39, 0.29) is 23.5 Å². The molecule has 1 aliphatic rings. The lowest BCUT2D eigenvalue weighted by molar-refractivity contribution is -0.00521. The maximum Gasteiger partial charge on any atom is 0.217 e. The molecule has 0 bridgehead atoms. The number of nitriles is 1. The summed E-state index contributed by atoms with van der Waals surface area (Å²) in [5, 5.41) is 22.2. The summed E-state index contributed by atoms with van der Waals surface area (Å²) in [4.78, 5) is 19.8. The molecule has 1 N–H and O–H groups in total. The standard InChI is InChI=1S/C28H26N4O3/c1-18-16-32(17-19(2)35-18)23-13-11-22(12-14-23)26(31-34)28(33)25-6-4-5-24(27(25)30-3)21-9-7-20(15-29)8-10-21/h4-14,18-19,34H,3,16-17H2,1-2H3/t18-,19+. The first-order valence-corrected chi connectivity index (χ1v) is 11.3. The summed E-state index contributed by atoms with van der Waals surface area (Å²) in [6, 6.07) is 21.7. The van der Waals surface area contributed by atoms with Gasteiger partial charge in [0.1, 0.15) is 0 Å². The van der Waals surface area contributed by atoms with E-state index in [9.17, 15) is 10.0 Å². The third-order valence-corrected chi connectivity index (χ3v) is 6.00. The molecule has 7 heteroatoms. The largest absolute Gasteiger partial charge is 0.410 e. The molecular weight excluding hydrogens is 440 g/mol. The highest BCUT2D eigenvalue weighted by molar-refractivity contribution is 6.52. The summed E-state index contributed by atoms with van der Waals surface area (Å²) >= 11 is 0. The summed E-state index contributed by atoms with van der Waals surface area (Å²) in [7, 11) is 0. The number of carbonyl (C=O) groups excluding carboxylic acids is 1. The van der Waals surface area contributed by atoms with E-state index in [1.807, 2.05) is 32.0 Å².